The lowest BCUT2D eigenvalue weighted by Crippen LogP contribution is -2.42. The van der Waals surface area contributed by atoms with Gasteiger partial charge in [0.15, 0.2) is 0 Å². The van der Waals surface area contributed by atoms with Crippen molar-refractivity contribution in [2.24, 2.45) is 17.8 Å². The third kappa shape index (κ3) is 5.66. The second kappa shape index (κ2) is 11.4. The fraction of sp³-hybridized carbons (Fsp3) is 0.464. The number of ether oxygens (including phenoxy) is 1. The van der Waals surface area contributed by atoms with Crippen molar-refractivity contribution in [3.63, 3.8) is 0 Å². The summed E-state index contributed by atoms with van der Waals surface area (Å²) in [5, 5.41) is 15.1. The lowest BCUT2D eigenvalue weighted by atomic mass is 9.79. The highest BCUT2D eigenvalue weighted by molar-refractivity contribution is 5.80. The molecule has 3 atom stereocenters. The van der Waals surface area contributed by atoms with Crippen LogP contribution >= 0.6 is 0 Å². The standard InChI is InChI=1S/C28H34N2O5/c1-2-18(26(31)29-16-19-9-3-4-10-20(19)27(32)33)15-30-28(34)35-17-25-23-13-7-5-11-21(23)22-12-6-8-14-24(22)25/h5-8,11-14,18-20,25H,2-4,9-10,15-17H2,1H3,(H,29,31)(H,30,34)(H,32,33). The number of rotatable bonds is 9. The van der Waals surface area contributed by atoms with Crippen molar-refractivity contribution in [2.75, 3.05) is 19.7 Å². The first-order valence-corrected chi connectivity index (χ1v) is 12.6. The van der Waals surface area contributed by atoms with E-state index in [4.69, 9.17) is 4.74 Å². The Bertz CT molecular complexity index is 1020. The number of fused-ring (bicyclic) bond motifs is 3. The lowest BCUT2D eigenvalue weighted by Gasteiger charge is -2.29. The number of alkyl carbamates (subject to hydrolysis) is 1. The number of carboxylic acid groups (broad SMARTS) is 1. The Hall–Kier alpha value is -3.35. The van der Waals surface area contributed by atoms with E-state index in [1.54, 1.807) is 0 Å². The molecule has 4 rings (SSSR count). The van der Waals surface area contributed by atoms with Crippen LogP contribution in [-0.4, -0.2) is 42.8 Å². The predicted molar refractivity (Wildman–Crippen MR) is 133 cm³/mol. The van der Waals surface area contributed by atoms with Gasteiger partial charge >= 0.3 is 12.1 Å². The molecule has 2 aliphatic carbocycles. The van der Waals surface area contributed by atoms with Crippen LogP contribution in [0.4, 0.5) is 4.79 Å². The summed E-state index contributed by atoms with van der Waals surface area (Å²) in [6.07, 6.45) is 3.40. The Balaban J connectivity index is 1.26. The zero-order valence-electron chi connectivity index (χ0n) is 20.2. The van der Waals surface area contributed by atoms with Gasteiger partial charge in [0.25, 0.3) is 0 Å². The van der Waals surface area contributed by atoms with Crippen molar-refractivity contribution in [2.45, 2.75) is 44.9 Å². The first-order chi connectivity index (χ1) is 17.0. The minimum atomic E-state index is -0.784. The first kappa shape index (κ1) is 24.8. The van der Waals surface area contributed by atoms with Crippen molar-refractivity contribution in [3.8, 4) is 11.1 Å². The fourth-order valence-electron chi connectivity index (χ4n) is 5.43. The Labute approximate surface area is 206 Å². The highest BCUT2D eigenvalue weighted by Gasteiger charge is 2.32. The topological polar surface area (TPSA) is 105 Å². The van der Waals surface area contributed by atoms with Gasteiger partial charge in [0, 0.05) is 19.0 Å². The molecule has 1 saturated carbocycles. The van der Waals surface area contributed by atoms with Gasteiger partial charge < -0.3 is 20.5 Å². The molecule has 0 radical (unpaired) electrons. The van der Waals surface area contributed by atoms with Gasteiger partial charge in [-0.3, -0.25) is 9.59 Å². The molecule has 0 aromatic heterocycles. The highest BCUT2D eigenvalue weighted by atomic mass is 16.5. The van der Waals surface area contributed by atoms with Gasteiger partial charge in [-0.25, -0.2) is 4.79 Å². The molecule has 0 heterocycles. The monoisotopic (exact) mass is 478 g/mol. The number of benzene rings is 2. The predicted octanol–water partition coefficient (Wildman–Crippen LogP) is 4.56. The highest BCUT2D eigenvalue weighted by Crippen LogP contribution is 2.44. The molecule has 2 amide bonds. The first-order valence-electron chi connectivity index (χ1n) is 12.6. The van der Waals surface area contributed by atoms with Gasteiger partial charge in [0.05, 0.1) is 11.8 Å². The van der Waals surface area contributed by atoms with Gasteiger partial charge in [0.1, 0.15) is 6.61 Å². The summed E-state index contributed by atoms with van der Waals surface area (Å²) in [5.74, 6) is -1.81. The maximum absolute atomic E-state index is 12.7. The fourth-order valence-corrected chi connectivity index (χ4v) is 5.43. The normalized spacial score (nSPS) is 19.8. The molecule has 3 unspecified atom stereocenters. The van der Waals surface area contributed by atoms with E-state index >= 15 is 0 Å². The number of carboxylic acids is 1. The van der Waals surface area contributed by atoms with E-state index in [9.17, 15) is 19.5 Å². The van der Waals surface area contributed by atoms with Crippen LogP contribution in [0, 0.1) is 17.8 Å². The quantitative estimate of drug-likeness (QED) is 0.490. The summed E-state index contributed by atoms with van der Waals surface area (Å²) in [7, 11) is 0. The van der Waals surface area contributed by atoms with Crippen LogP contribution in [0.5, 0.6) is 0 Å². The number of aliphatic carboxylic acids is 1. The molecule has 0 spiro atoms. The molecule has 0 saturated heterocycles. The molecule has 35 heavy (non-hydrogen) atoms. The van der Waals surface area contributed by atoms with Crippen molar-refractivity contribution in [1.29, 1.82) is 0 Å². The zero-order chi connectivity index (χ0) is 24.8. The molecular weight excluding hydrogens is 444 g/mol. The van der Waals surface area contributed by atoms with E-state index < -0.39 is 23.9 Å². The van der Waals surface area contributed by atoms with Crippen LogP contribution in [0.3, 0.4) is 0 Å². The SMILES string of the molecule is CCC(CNC(=O)OCC1c2ccccc2-c2ccccc21)C(=O)NCC1CCCCC1C(=O)O. The average Bonchev–Trinajstić information content (AvgIpc) is 3.20. The van der Waals surface area contributed by atoms with Crippen molar-refractivity contribution >= 4 is 18.0 Å². The number of nitrogens with one attached hydrogen (secondary N) is 2. The van der Waals surface area contributed by atoms with Crippen LogP contribution in [0.15, 0.2) is 48.5 Å². The average molecular weight is 479 g/mol. The summed E-state index contributed by atoms with van der Waals surface area (Å²) in [5.41, 5.74) is 4.63. The van der Waals surface area contributed by atoms with E-state index in [-0.39, 0.29) is 30.9 Å². The molecular formula is C28H34N2O5. The maximum Gasteiger partial charge on any atom is 0.407 e. The van der Waals surface area contributed by atoms with Gasteiger partial charge in [-0.1, -0.05) is 68.3 Å². The molecule has 7 heteroatoms. The smallest absolute Gasteiger partial charge is 0.407 e. The second-order valence-electron chi connectivity index (χ2n) is 9.55. The molecule has 186 valence electrons. The second-order valence-corrected chi connectivity index (χ2v) is 9.55. The summed E-state index contributed by atoms with van der Waals surface area (Å²) in [4.78, 5) is 36.7. The maximum atomic E-state index is 12.7. The zero-order valence-corrected chi connectivity index (χ0v) is 20.2. The van der Waals surface area contributed by atoms with Gasteiger partial charge in [0.2, 0.25) is 5.91 Å². The third-order valence-electron chi connectivity index (χ3n) is 7.46. The van der Waals surface area contributed by atoms with Crippen molar-refractivity contribution in [1.82, 2.24) is 10.6 Å². The van der Waals surface area contributed by atoms with E-state index in [0.717, 1.165) is 30.4 Å². The van der Waals surface area contributed by atoms with Crippen LogP contribution in [0.25, 0.3) is 11.1 Å². The van der Waals surface area contributed by atoms with Crippen molar-refractivity contribution < 1.29 is 24.2 Å². The largest absolute Gasteiger partial charge is 0.481 e. The number of carbonyl (C=O) groups is 3. The summed E-state index contributed by atoms with van der Waals surface area (Å²) in [6.45, 7) is 2.65. The molecule has 2 aliphatic rings. The summed E-state index contributed by atoms with van der Waals surface area (Å²) < 4.78 is 5.56. The van der Waals surface area contributed by atoms with Gasteiger partial charge in [-0.15, -0.1) is 0 Å². The Morgan fingerprint density at radius 1 is 0.971 bits per heavy atom. The Morgan fingerprint density at radius 2 is 1.60 bits per heavy atom. The van der Waals surface area contributed by atoms with E-state index in [2.05, 4.69) is 34.9 Å². The number of carbonyl (C=O) groups excluding carboxylic acids is 2. The van der Waals surface area contributed by atoms with E-state index in [1.807, 2.05) is 31.2 Å². The van der Waals surface area contributed by atoms with Gasteiger partial charge in [-0.05, 0) is 47.4 Å². The molecule has 7 nitrogen and oxygen atoms in total. The molecule has 0 aliphatic heterocycles. The van der Waals surface area contributed by atoms with Gasteiger partial charge in [-0.2, -0.15) is 0 Å². The number of hydrogen-bond donors (Lipinski definition) is 3. The van der Waals surface area contributed by atoms with E-state index in [0.29, 0.717) is 19.4 Å². The molecule has 2 aromatic carbocycles. The Kier molecular flexibility index (Phi) is 8.06. The third-order valence-corrected chi connectivity index (χ3v) is 7.46. The minimum Gasteiger partial charge on any atom is -0.481 e. The van der Waals surface area contributed by atoms with Crippen LogP contribution in [-0.2, 0) is 14.3 Å². The van der Waals surface area contributed by atoms with Crippen LogP contribution < -0.4 is 10.6 Å². The Morgan fingerprint density at radius 3 is 2.23 bits per heavy atom. The molecule has 2 aromatic rings. The molecule has 0 bridgehead atoms. The van der Waals surface area contributed by atoms with Crippen molar-refractivity contribution in [3.05, 3.63) is 59.7 Å². The van der Waals surface area contributed by atoms with Crippen LogP contribution in [0.1, 0.15) is 56.1 Å². The molecule has 1 fully saturated rings. The minimum absolute atomic E-state index is 0.0175. The number of amides is 2. The molecule has 3 N–H and O–H groups in total. The summed E-state index contributed by atoms with van der Waals surface area (Å²) >= 11 is 0. The summed E-state index contributed by atoms with van der Waals surface area (Å²) in [6, 6.07) is 16.3. The number of hydrogen-bond acceptors (Lipinski definition) is 4. The van der Waals surface area contributed by atoms with Crippen LogP contribution in [0.2, 0.25) is 0 Å². The van der Waals surface area contributed by atoms with E-state index in [1.165, 1.54) is 11.1 Å². The lowest BCUT2D eigenvalue weighted by molar-refractivity contribution is -0.145.